The molecule has 2 nitrogen and oxygen atoms in total. The Hall–Kier alpha value is -1.33. The highest BCUT2D eigenvalue weighted by molar-refractivity contribution is 5.18. The van der Waals surface area contributed by atoms with Gasteiger partial charge in [0.1, 0.15) is 0 Å². The third-order valence-corrected chi connectivity index (χ3v) is 2.34. The van der Waals surface area contributed by atoms with E-state index >= 15 is 0 Å². The van der Waals surface area contributed by atoms with Crippen molar-refractivity contribution in [1.82, 2.24) is 4.90 Å². The normalized spacial score (nSPS) is 12.4. The van der Waals surface area contributed by atoms with E-state index < -0.39 is 0 Å². The molecule has 0 radical (unpaired) electrons. The van der Waals surface area contributed by atoms with E-state index in [1.807, 2.05) is 18.2 Å². The fourth-order valence-corrected chi connectivity index (χ4v) is 1.60. The average Bonchev–Trinajstić information content (AvgIpc) is 2.19. The summed E-state index contributed by atoms with van der Waals surface area (Å²) < 4.78 is 0. The highest BCUT2D eigenvalue weighted by Crippen LogP contribution is 2.22. The van der Waals surface area contributed by atoms with Gasteiger partial charge in [0.05, 0.1) is 6.07 Å². The topological polar surface area (TPSA) is 27.0 Å². The van der Waals surface area contributed by atoms with Crippen molar-refractivity contribution in [2.75, 3.05) is 14.1 Å². The molecule has 0 heterocycles. The molecule has 0 spiro atoms. The van der Waals surface area contributed by atoms with Gasteiger partial charge in [-0.05, 0) is 26.1 Å². The Kier molecular flexibility index (Phi) is 4.15. The van der Waals surface area contributed by atoms with Gasteiger partial charge < -0.3 is 4.90 Å². The molecule has 0 N–H and O–H groups in total. The monoisotopic (exact) mass is 188 g/mol. The summed E-state index contributed by atoms with van der Waals surface area (Å²) in [6.07, 6.45) is 1.51. The molecule has 1 aromatic carbocycles. The molecule has 0 aliphatic rings. The van der Waals surface area contributed by atoms with E-state index in [9.17, 15) is 0 Å². The van der Waals surface area contributed by atoms with Crippen molar-refractivity contribution < 1.29 is 0 Å². The van der Waals surface area contributed by atoms with Crippen LogP contribution in [0.4, 0.5) is 0 Å². The molecule has 0 saturated heterocycles. The zero-order valence-corrected chi connectivity index (χ0v) is 8.77. The van der Waals surface area contributed by atoms with Crippen LogP contribution in [0.25, 0.3) is 0 Å². The van der Waals surface area contributed by atoms with Crippen molar-refractivity contribution in [3.8, 4) is 6.07 Å². The van der Waals surface area contributed by atoms with Crippen molar-refractivity contribution in [3.05, 3.63) is 35.9 Å². The first kappa shape index (κ1) is 10.7. The summed E-state index contributed by atoms with van der Waals surface area (Å²) in [6, 6.07) is 12.9. The van der Waals surface area contributed by atoms with Gasteiger partial charge in [-0.15, -0.1) is 0 Å². The second kappa shape index (κ2) is 5.41. The van der Waals surface area contributed by atoms with Crippen LogP contribution in [0.1, 0.15) is 24.4 Å². The summed E-state index contributed by atoms with van der Waals surface area (Å²) >= 11 is 0. The van der Waals surface area contributed by atoms with Crippen LogP contribution in [-0.4, -0.2) is 19.0 Å². The van der Waals surface area contributed by atoms with Gasteiger partial charge in [-0.3, -0.25) is 0 Å². The quantitative estimate of drug-likeness (QED) is 0.726. The standard InChI is InChI=1S/C12H16N2/c1-14(2)12(9-6-10-13)11-7-4-3-5-8-11/h3-5,7-8,12H,6,9H2,1-2H3. The Balaban J connectivity index is 2.74. The van der Waals surface area contributed by atoms with E-state index in [4.69, 9.17) is 5.26 Å². The van der Waals surface area contributed by atoms with Crippen molar-refractivity contribution in [2.24, 2.45) is 0 Å². The van der Waals surface area contributed by atoms with Gasteiger partial charge in [-0.1, -0.05) is 30.3 Å². The number of rotatable bonds is 4. The van der Waals surface area contributed by atoms with Gasteiger partial charge in [0, 0.05) is 12.5 Å². The Morgan fingerprint density at radius 3 is 2.43 bits per heavy atom. The van der Waals surface area contributed by atoms with E-state index in [0.717, 1.165) is 6.42 Å². The zero-order valence-electron chi connectivity index (χ0n) is 8.77. The third-order valence-electron chi connectivity index (χ3n) is 2.34. The smallest absolute Gasteiger partial charge is 0.0622 e. The molecule has 0 saturated carbocycles. The maximum absolute atomic E-state index is 8.58. The predicted molar refractivity (Wildman–Crippen MR) is 57.7 cm³/mol. The van der Waals surface area contributed by atoms with E-state index in [1.165, 1.54) is 5.56 Å². The minimum Gasteiger partial charge on any atom is -0.302 e. The molecule has 1 rings (SSSR count). The van der Waals surface area contributed by atoms with E-state index in [1.54, 1.807) is 0 Å². The first-order valence-electron chi connectivity index (χ1n) is 4.84. The second-order valence-corrected chi connectivity index (χ2v) is 3.59. The van der Waals surface area contributed by atoms with Crippen LogP contribution in [0.3, 0.4) is 0 Å². The number of benzene rings is 1. The molecular weight excluding hydrogens is 172 g/mol. The van der Waals surface area contributed by atoms with E-state index in [-0.39, 0.29) is 0 Å². The molecule has 1 unspecified atom stereocenters. The Bertz CT molecular complexity index is 298. The maximum Gasteiger partial charge on any atom is 0.0622 e. The predicted octanol–water partition coefficient (Wildman–Crippen LogP) is 2.59. The number of nitrogens with zero attached hydrogens (tertiary/aromatic N) is 2. The summed E-state index contributed by atoms with van der Waals surface area (Å²) in [5.41, 5.74) is 1.28. The number of hydrogen-bond acceptors (Lipinski definition) is 2. The lowest BCUT2D eigenvalue weighted by molar-refractivity contribution is 0.286. The van der Waals surface area contributed by atoms with Crippen LogP contribution in [-0.2, 0) is 0 Å². The second-order valence-electron chi connectivity index (χ2n) is 3.59. The Morgan fingerprint density at radius 1 is 1.29 bits per heavy atom. The summed E-state index contributed by atoms with van der Waals surface area (Å²) in [5.74, 6) is 0. The van der Waals surface area contributed by atoms with Crippen LogP contribution >= 0.6 is 0 Å². The molecule has 0 fully saturated rings. The summed E-state index contributed by atoms with van der Waals surface area (Å²) in [5, 5.41) is 8.58. The van der Waals surface area contributed by atoms with Crippen LogP contribution < -0.4 is 0 Å². The van der Waals surface area contributed by atoms with Gasteiger partial charge in [-0.2, -0.15) is 5.26 Å². The minimum absolute atomic E-state index is 0.357. The molecule has 0 aromatic heterocycles. The van der Waals surface area contributed by atoms with Gasteiger partial charge in [0.2, 0.25) is 0 Å². The molecule has 0 amide bonds. The summed E-state index contributed by atoms with van der Waals surface area (Å²) in [4.78, 5) is 2.16. The lowest BCUT2D eigenvalue weighted by Crippen LogP contribution is -2.19. The molecule has 74 valence electrons. The van der Waals surface area contributed by atoms with Crippen molar-refractivity contribution >= 4 is 0 Å². The third kappa shape index (κ3) is 2.86. The molecule has 0 bridgehead atoms. The lowest BCUT2D eigenvalue weighted by Gasteiger charge is -2.23. The number of nitriles is 1. The van der Waals surface area contributed by atoms with Crippen LogP contribution in [0, 0.1) is 11.3 Å². The Morgan fingerprint density at radius 2 is 1.93 bits per heavy atom. The highest BCUT2D eigenvalue weighted by atomic mass is 15.1. The molecule has 1 atom stereocenters. The first-order valence-corrected chi connectivity index (χ1v) is 4.84. The van der Waals surface area contributed by atoms with Crippen LogP contribution in [0.5, 0.6) is 0 Å². The van der Waals surface area contributed by atoms with Gasteiger partial charge in [0.25, 0.3) is 0 Å². The Labute approximate surface area is 85.8 Å². The SMILES string of the molecule is CN(C)C(CCC#N)c1ccccc1. The van der Waals surface area contributed by atoms with Gasteiger partial charge in [-0.25, -0.2) is 0 Å². The molecule has 1 aromatic rings. The summed E-state index contributed by atoms with van der Waals surface area (Å²) in [7, 11) is 4.10. The zero-order chi connectivity index (χ0) is 10.4. The number of hydrogen-bond donors (Lipinski definition) is 0. The summed E-state index contributed by atoms with van der Waals surface area (Å²) in [6.45, 7) is 0. The van der Waals surface area contributed by atoms with Gasteiger partial charge >= 0.3 is 0 Å². The van der Waals surface area contributed by atoms with Crippen LogP contribution in [0.15, 0.2) is 30.3 Å². The van der Waals surface area contributed by atoms with Crippen molar-refractivity contribution in [1.29, 1.82) is 5.26 Å². The van der Waals surface area contributed by atoms with Crippen molar-refractivity contribution in [2.45, 2.75) is 18.9 Å². The largest absolute Gasteiger partial charge is 0.302 e. The molecule has 14 heavy (non-hydrogen) atoms. The fourth-order valence-electron chi connectivity index (χ4n) is 1.60. The van der Waals surface area contributed by atoms with E-state index in [2.05, 4.69) is 37.2 Å². The molecule has 0 aliphatic carbocycles. The molecule has 0 aliphatic heterocycles. The average molecular weight is 188 g/mol. The maximum atomic E-state index is 8.58. The van der Waals surface area contributed by atoms with E-state index in [0.29, 0.717) is 12.5 Å². The molecular formula is C12H16N2. The lowest BCUT2D eigenvalue weighted by atomic mass is 10.0. The van der Waals surface area contributed by atoms with Gasteiger partial charge in [0.15, 0.2) is 0 Å². The van der Waals surface area contributed by atoms with Crippen molar-refractivity contribution in [3.63, 3.8) is 0 Å². The minimum atomic E-state index is 0.357. The fraction of sp³-hybridized carbons (Fsp3) is 0.417. The first-order chi connectivity index (χ1) is 6.75. The molecule has 2 heteroatoms. The van der Waals surface area contributed by atoms with Crippen LogP contribution in [0.2, 0.25) is 0 Å². The highest BCUT2D eigenvalue weighted by Gasteiger charge is 2.12.